The third kappa shape index (κ3) is 3.66. The predicted molar refractivity (Wildman–Crippen MR) is 114 cm³/mol. The lowest BCUT2D eigenvalue weighted by atomic mass is 10.0. The number of aromatic nitrogens is 3. The van der Waals surface area contributed by atoms with E-state index in [4.69, 9.17) is 14.6 Å². The van der Waals surface area contributed by atoms with Crippen LogP contribution in [0.2, 0.25) is 0 Å². The normalized spacial score (nSPS) is 17.8. The zero-order chi connectivity index (χ0) is 20.7. The molecule has 0 amide bonds. The Labute approximate surface area is 175 Å². The number of ether oxygens (including phenoxy) is 2. The largest absolute Gasteiger partial charge is 0.486 e. The number of fused-ring (bicyclic) bond motifs is 2. The van der Waals surface area contributed by atoms with Crippen molar-refractivity contribution in [2.24, 2.45) is 0 Å². The fourth-order valence-electron chi connectivity index (χ4n) is 4.17. The summed E-state index contributed by atoms with van der Waals surface area (Å²) in [5, 5.41) is 15.5. The summed E-state index contributed by atoms with van der Waals surface area (Å²) in [6.07, 6.45) is 2.54. The van der Waals surface area contributed by atoms with Gasteiger partial charge >= 0.3 is 0 Å². The molecule has 1 aromatic carbocycles. The molecule has 7 heteroatoms. The fraction of sp³-hybridized carbons (Fsp3) is 0.391. The molecule has 2 aromatic heterocycles. The molecule has 0 radical (unpaired) electrons. The minimum Gasteiger partial charge on any atom is -0.486 e. The van der Waals surface area contributed by atoms with Gasteiger partial charge in [0.05, 0.1) is 11.8 Å². The van der Waals surface area contributed by atoms with E-state index >= 15 is 0 Å². The maximum atomic E-state index is 10.7. The van der Waals surface area contributed by atoms with Crippen molar-refractivity contribution < 1.29 is 14.6 Å². The van der Waals surface area contributed by atoms with Crippen LogP contribution in [0.1, 0.15) is 35.2 Å². The number of hydrogen-bond acceptors (Lipinski definition) is 6. The number of β-amino-alcohol motifs (C(OH)–C–C–N with tert-alkyl or cyclic N) is 1. The molecule has 7 nitrogen and oxygen atoms in total. The summed E-state index contributed by atoms with van der Waals surface area (Å²) in [7, 11) is 0. The summed E-state index contributed by atoms with van der Waals surface area (Å²) in [6.45, 7) is 7.42. The minimum atomic E-state index is -0.569. The van der Waals surface area contributed by atoms with E-state index in [1.54, 1.807) is 0 Å². The first-order valence-corrected chi connectivity index (χ1v) is 10.4. The Morgan fingerprint density at radius 3 is 2.73 bits per heavy atom. The molecule has 5 rings (SSSR count). The molecule has 0 fully saturated rings. The second kappa shape index (κ2) is 7.74. The maximum Gasteiger partial charge on any atom is 0.161 e. The van der Waals surface area contributed by atoms with Crippen LogP contribution in [0.15, 0.2) is 36.4 Å². The van der Waals surface area contributed by atoms with Crippen molar-refractivity contribution in [3.63, 3.8) is 0 Å². The molecule has 0 saturated heterocycles. The van der Waals surface area contributed by atoms with E-state index < -0.39 is 6.10 Å². The Morgan fingerprint density at radius 2 is 1.93 bits per heavy atom. The number of aliphatic hydroxyl groups is 1. The van der Waals surface area contributed by atoms with E-state index in [1.807, 2.05) is 35.7 Å². The van der Waals surface area contributed by atoms with Crippen LogP contribution in [0.4, 0.5) is 0 Å². The molecule has 30 heavy (non-hydrogen) atoms. The van der Waals surface area contributed by atoms with E-state index in [1.165, 1.54) is 5.57 Å². The minimum absolute atomic E-state index is 0.546. The molecule has 0 bridgehead atoms. The summed E-state index contributed by atoms with van der Waals surface area (Å²) in [6, 6.07) is 9.78. The molecule has 2 aliphatic rings. The highest BCUT2D eigenvalue weighted by Crippen LogP contribution is 2.33. The molecular weight excluding hydrogens is 380 g/mol. The molecule has 0 aliphatic carbocycles. The summed E-state index contributed by atoms with van der Waals surface area (Å²) in [5.41, 5.74) is 6.06. The van der Waals surface area contributed by atoms with Gasteiger partial charge in [-0.15, -0.1) is 0 Å². The molecule has 1 atom stereocenters. The quantitative estimate of drug-likeness (QED) is 0.718. The van der Waals surface area contributed by atoms with Crippen LogP contribution < -0.4 is 9.47 Å². The third-order valence-corrected chi connectivity index (χ3v) is 5.74. The Kier molecular flexibility index (Phi) is 4.92. The molecule has 0 spiro atoms. The van der Waals surface area contributed by atoms with E-state index in [9.17, 15) is 5.11 Å². The lowest BCUT2D eigenvalue weighted by Gasteiger charge is -2.28. The van der Waals surface area contributed by atoms with Crippen LogP contribution in [0.5, 0.6) is 11.5 Å². The van der Waals surface area contributed by atoms with E-state index in [-0.39, 0.29) is 0 Å². The van der Waals surface area contributed by atoms with Crippen LogP contribution in [0.3, 0.4) is 0 Å². The van der Waals surface area contributed by atoms with Crippen molar-refractivity contribution in [2.45, 2.75) is 26.4 Å². The van der Waals surface area contributed by atoms with E-state index in [2.05, 4.69) is 29.0 Å². The van der Waals surface area contributed by atoms with Crippen molar-refractivity contribution in [1.29, 1.82) is 0 Å². The summed E-state index contributed by atoms with van der Waals surface area (Å²) in [5.74, 6) is 1.46. The number of nitrogens with zero attached hydrogens (tertiary/aromatic N) is 4. The lowest BCUT2D eigenvalue weighted by Crippen LogP contribution is -2.32. The van der Waals surface area contributed by atoms with Crippen LogP contribution in [0, 0.1) is 13.8 Å². The lowest BCUT2D eigenvalue weighted by molar-refractivity contribution is 0.118. The first-order valence-electron chi connectivity index (χ1n) is 10.4. The molecule has 2 aliphatic heterocycles. The average molecular weight is 406 g/mol. The highest BCUT2D eigenvalue weighted by atomic mass is 16.6. The second-order valence-corrected chi connectivity index (χ2v) is 8.00. The maximum absolute atomic E-state index is 10.7. The van der Waals surface area contributed by atoms with Gasteiger partial charge in [0.2, 0.25) is 0 Å². The standard InChI is InChI=1S/C23H26N4O3/c1-15-11-16(2)27-23(24-15)13-19(25-27)17-5-7-26(8-6-17)14-20(28)18-3-4-21-22(12-18)30-10-9-29-21/h3-5,11-13,20,28H,6-10,14H2,1-2H3. The summed E-state index contributed by atoms with van der Waals surface area (Å²) in [4.78, 5) is 6.84. The number of benzene rings is 1. The van der Waals surface area contributed by atoms with Crippen LogP contribution in [-0.4, -0.2) is 57.5 Å². The Hall–Kier alpha value is -2.90. The van der Waals surface area contributed by atoms with Crippen molar-refractivity contribution in [3.8, 4) is 11.5 Å². The highest BCUT2D eigenvalue weighted by molar-refractivity contribution is 5.67. The average Bonchev–Trinajstić information content (AvgIpc) is 3.18. The van der Waals surface area contributed by atoms with Gasteiger partial charge in [0.1, 0.15) is 13.2 Å². The first kappa shape index (κ1) is 19.1. The number of hydrogen-bond donors (Lipinski definition) is 1. The topological polar surface area (TPSA) is 72.1 Å². The van der Waals surface area contributed by atoms with Crippen LogP contribution in [-0.2, 0) is 0 Å². The zero-order valence-corrected chi connectivity index (χ0v) is 17.3. The summed E-state index contributed by atoms with van der Waals surface area (Å²) >= 11 is 0. The van der Waals surface area contributed by atoms with Gasteiger partial charge < -0.3 is 14.6 Å². The van der Waals surface area contributed by atoms with Gasteiger partial charge in [0.25, 0.3) is 0 Å². The van der Waals surface area contributed by atoms with Gasteiger partial charge in [-0.1, -0.05) is 12.1 Å². The second-order valence-electron chi connectivity index (χ2n) is 8.00. The van der Waals surface area contributed by atoms with Crippen LogP contribution in [0.25, 0.3) is 11.2 Å². The molecule has 156 valence electrons. The molecular formula is C23H26N4O3. The first-order chi connectivity index (χ1) is 14.6. The van der Waals surface area contributed by atoms with Crippen molar-refractivity contribution in [2.75, 3.05) is 32.8 Å². The van der Waals surface area contributed by atoms with Gasteiger partial charge in [-0.3, -0.25) is 4.90 Å². The number of aryl methyl sites for hydroxylation is 2. The van der Waals surface area contributed by atoms with Gasteiger partial charge in [-0.05, 0) is 49.6 Å². The van der Waals surface area contributed by atoms with E-state index in [0.29, 0.717) is 25.5 Å². The Bertz CT molecular complexity index is 1120. The van der Waals surface area contributed by atoms with Crippen LogP contribution >= 0.6 is 0 Å². The van der Waals surface area contributed by atoms with Crippen molar-refractivity contribution in [1.82, 2.24) is 19.5 Å². The fourth-order valence-corrected chi connectivity index (χ4v) is 4.17. The zero-order valence-electron chi connectivity index (χ0n) is 17.3. The molecule has 4 heterocycles. The van der Waals surface area contributed by atoms with Crippen molar-refractivity contribution >= 4 is 11.2 Å². The Balaban J connectivity index is 1.27. The highest BCUT2D eigenvalue weighted by Gasteiger charge is 2.21. The summed E-state index contributed by atoms with van der Waals surface area (Å²) < 4.78 is 13.1. The van der Waals surface area contributed by atoms with Gasteiger partial charge in [-0.2, -0.15) is 5.10 Å². The molecule has 1 unspecified atom stereocenters. The molecule has 3 aromatic rings. The molecule has 0 saturated carbocycles. The van der Waals surface area contributed by atoms with E-state index in [0.717, 1.165) is 53.6 Å². The number of rotatable bonds is 4. The SMILES string of the molecule is Cc1cc(C)n2nc(C3=CCN(CC(O)c4ccc5c(c4)OCCO5)CC3)cc2n1. The Morgan fingerprint density at radius 1 is 1.10 bits per heavy atom. The van der Waals surface area contributed by atoms with Gasteiger partial charge in [-0.25, -0.2) is 9.50 Å². The van der Waals surface area contributed by atoms with Gasteiger partial charge in [0.15, 0.2) is 17.1 Å². The van der Waals surface area contributed by atoms with Gasteiger partial charge in [0, 0.05) is 37.1 Å². The monoisotopic (exact) mass is 406 g/mol. The third-order valence-electron chi connectivity index (χ3n) is 5.74. The predicted octanol–water partition coefficient (Wildman–Crippen LogP) is 2.94. The molecule has 1 N–H and O–H groups in total. The van der Waals surface area contributed by atoms with Crippen molar-refractivity contribution in [3.05, 3.63) is 59.1 Å². The smallest absolute Gasteiger partial charge is 0.161 e. The number of aliphatic hydroxyl groups excluding tert-OH is 1.